The molecule has 0 spiro atoms. The molecule has 0 atom stereocenters. The van der Waals surface area contributed by atoms with Crippen molar-refractivity contribution in [2.45, 2.75) is 11.8 Å². The van der Waals surface area contributed by atoms with Crippen molar-refractivity contribution in [2.75, 3.05) is 16.4 Å². The summed E-state index contributed by atoms with van der Waals surface area (Å²) < 4.78 is 3.20. The maximum absolute atomic E-state index is 13.4. The fourth-order valence-electron chi connectivity index (χ4n) is 4.57. The van der Waals surface area contributed by atoms with Crippen molar-refractivity contribution in [2.24, 2.45) is 7.05 Å². The van der Waals surface area contributed by atoms with E-state index >= 15 is 0 Å². The minimum absolute atomic E-state index is 0.0331. The normalized spacial score (nSPS) is 11.2. The molecule has 1 aromatic heterocycles. The Morgan fingerprint density at radius 2 is 1.52 bits per heavy atom. The molecule has 46 heavy (non-hydrogen) atoms. The average Bonchev–Trinajstić information content (AvgIpc) is 3.28. The zero-order valence-corrected chi connectivity index (χ0v) is 26.6. The second-order valence-electron chi connectivity index (χ2n) is 10.2. The van der Waals surface area contributed by atoms with E-state index in [1.807, 2.05) is 36.4 Å². The van der Waals surface area contributed by atoms with Gasteiger partial charge in [-0.25, -0.2) is 4.68 Å². The van der Waals surface area contributed by atoms with E-state index in [-0.39, 0.29) is 28.6 Å². The Hall–Kier alpha value is -5.32. The Labute approximate surface area is 274 Å². The molecule has 0 aliphatic rings. The number of aromatic nitrogens is 2. The van der Waals surface area contributed by atoms with E-state index in [4.69, 9.17) is 11.6 Å². The van der Waals surface area contributed by atoms with Crippen molar-refractivity contribution in [3.63, 3.8) is 0 Å². The summed E-state index contributed by atoms with van der Waals surface area (Å²) in [6.45, 7) is 1.77. The molecule has 9 nitrogen and oxygen atoms in total. The summed E-state index contributed by atoms with van der Waals surface area (Å²) in [6, 6.07) is 31.6. The number of thioether (sulfide) groups is 1. The Kier molecular flexibility index (Phi) is 10.2. The average molecular weight is 652 g/mol. The molecule has 5 aromatic rings. The molecule has 0 saturated carbocycles. The molecule has 0 aliphatic heterocycles. The third-order valence-electron chi connectivity index (χ3n) is 6.99. The smallest absolute Gasteiger partial charge is 0.295 e. The van der Waals surface area contributed by atoms with Gasteiger partial charge in [0.1, 0.15) is 11.4 Å². The molecule has 3 N–H and O–H groups in total. The Bertz CT molecular complexity index is 1970. The number of halogens is 1. The first-order valence-electron chi connectivity index (χ1n) is 14.2. The van der Waals surface area contributed by atoms with E-state index in [1.165, 1.54) is 16.4 Å². The van der Waals surface area contributed by atoms with Crippen LogP contribution in [-0.4, -0.2) is 32.8 Å². The highest BCUT2D eigenvalue weighted by Crippen LogP contribution is 2.23. The quantitative estimate of drug-likeness (QED) is 0.122. The number of anilines is 2. The lowest BCUT2D eigenvalue weighted by molar-refractivity contribution is -0.114. The standard InChI is InChI=1S/C35H30ClN5O4S/c1-23-32(35(45)41(40(23)2)28-13-7-4-8-14-28)39-31(42)22-46-29-15-9-12-27(21-29)37-34(44)30(20-24-16-18-26(36)19-17-24)38-33(43)25-10-5-3-6-11-25/h3-21H,22H2,1-2H3,(H,37,44)(H,38,43)(H,39,42)/b30-20+. The zero-order chi connectivity index (χ0) is 32.6. The third-order valence-corrected chi connectivity index (χ3v) is 8.24. The van der Waals surface area contributed by atoms with Gasteiger partial charge in [0, 0.05) is 28.2 Å². The van der Waals surface area contributed by atoms with Crippen molar-refractivity contribution in [1.82, 2.24) is 14.7 Å². The van der Waals surface area contributed by atoms with Crippen LogP contribution in [0.15, 0.2) is 125 Å². The van der Waals surface area contributed by atoms with Crippen LogP contribution in [0.1, 0.15) is 21.6 Å². The molecular weight excluding hydrogens is 622 g/mol. The van der Waals surface area contributed by atoms with Crippen LogP contribution in [0.2, 0.25) is 5.02 Å². The third kappa shape index (κ3) is 7.84. The van der Waals surface area contributed by atoms with E-state index < -0.39 is 11.8 Å². The van der Waals surface area contributed by atoms with Gasteiger partial charge in [-0.15, -0.1) is 11.8 Å². The topological polar surface area (TPSA) is 114 Å². The van der Waals surface area contributed by atoms with Gasteiger partial charge in [0.15, 0.2) is 0 Å². The molecule has 0 fully saturated rings. The second-order valence-corrected chi connectivity index (χ2v) is 11.7. The maximum Gasteiger partial charge on any atom is 0.295 e. The summed E-state index contributed by atoms with van der Waals surface area (Å²) in [5.74, 6) is -1.28. The summed E-state index contributed by atoms with van der Waals surface area (Å²) in [5, 5.41) is 8.84. The van der Waals surface area contributed by atoms with Gasteiger partial charge < -0.3 is 16.0 Å². The highest BCUT2D eigenvalue weighted by atomic mass is 35.5. The number of nitrogens with one attached hydrogen (secondary N) is 3. The van der Waals surface area contributed by atoms with Crippen LogP contribution in [0, 0.1) is 6.92 Å². The number of amides is 3. The number of carbonyl (C=O) groups excluding carboxylic acids is 3. The van der Waals surface area contributed by atoms with Crippen LogP contribution >= 0.6 is 23.4 Å². The van der Waals surface area contributed by atoms with Crippen LogP contribution in [0.4, 0.5) is 11.4 Å². The molecule has 0 radical (unpaired) electrons. The first-order valence-corrected chi connectivity index (χ1v) is 15.6. The van der Waals surface area contributed by atoms with Crippen LogP contribution < -0.4 is 21.5 Å². The van der Waals surface area contributed by atoms with Gasteiger partial charge >= 0.3 is 0 Å². The van der Waals surface area contributed by atoms with Gasteiger partial charge in [-0.05, 0) is 73.2 Å². The molecule has 0 unspecified atom stereocenters. The maximum atomic E-state index is 13.4. The first kappa shape index (κ1) is 32.1. The zero-order valence-electron chi connectivity index (χ0n) is 25.0. The van der Waals surface area contributed by atoms with E-state index in [1.54, 1.807) is 97.5 Å². The Morgan fingerprint density at radius 1 is 0.848 bits per heavy atom. The van der Waals surface area contributed by atoms with E-state index in [2.05, 4.69) is 16.0 Å². The monoisotopic (exact) mass is 651 g/mol. The largest absolute Gasteiger partial charge is 0.321 e. The van der Waals surface area contributed by atoms with E-state index in [0.717, 1.165) is 4.90 Å². The van der Waals surface area contributed by atoms with Crippen LogP contribution in [0.25, 0.3) is 11.8 Å². The molecule has 0 bridgehead atoms. The lowest BCUT2D eigenvalue weighted by Gasteiger charge is -2.12. The predicted molar refractivity (Wildman–Crippen MR) is 184 cm³/mol. The number of rotatable bonds is 10. The number of carbonyl (C=O) groups is 3. The summed E-state index contributed by atoms with van der Waals surface area (Å²) in [5.41, 5.74) is 2.79. The molecule has 232 valence electrons. The lowest BCUT2D eigenvalue weighted by Crippen LogP contribution is -2.30. The number of hydrogen-bond donors (Lipinski definition) is 3. The fraction of sp³-hybridized carbons (Fsp3) is 0.0857. The van der Waals surface area contributed by atoms with Gasteiger partial charge in [-0.1, -0.05) is 66.2 Å². The van der Waals surface area contributed by atoms with Gasteiger partial charge in [-0.2, -0.15) is 0 Å². The summed E-state index contributed by atoms with van der Waals surface area (Å²) >= 11 is 7.27. The van der Waals surface area contributed by atoms with E-state index in [9.17, 15) is 19.2 Å². The van der Waals surface area contributed by atoms with Crippen molar-refractivity contribution in [1.29, 1.82) is 0 Å². The molecule has 3 amide bonds. The van der Waals surface area contributed by atoms with Crippen molar-refractivity contribution < 1.29 is 14.4 Å². The number of hydrogen-bond acceptors (Lipinski definition) is 5. The molecular formula is C35H30ClN5O4S. The summed E-state index contributed by atoms with van der Waals surface area (Å²) in [7, 11) is 1.76. The molecule has 5 rings (SSSR count). The van der Waals surface area contributed by atoms with E-state index in [0.29, 0.717) is 33.2 Å². The van der Waals surface area contributed by atoms with Gasteiger partial charge in [-0.3, -0.25) is 23.9 Å². The summed E-state index contributed by atoms with van der Waals surface area (Å²) in [4.78, 5) is 53.1. The molecule has 11 heteroatoms. The second kappa shape index (κ2) is 14.6. The Morgan fingerprint density at radius 3 is 2.22 bits per heavy atom. The molecule has 0 aliphatic carbocycles. The molecule has 4 aromatic carbocycles. The van der Waals surface area contributed by atoms with Crippen molar-refractivity contribution >= 4 is 58.5 Å². The highest BCUT2D eigenvalue weighted by molar-refractivity contribution is 8.00. The predicted octanol–water partition coefficient (Wildman–Crippen LogP) is 6.28. The first-order chi connectivity index (χ1) is 22.2. The highest BCUT2D eigenvalue weighted by Gasteiger charge is 2.19. The van der Waals surface area contributed by atoms with Crippen molar-refractivity contribution in [3.8, 4) is 5.69 Å². The number of benzene rings is 4. The Balaban J connectivity index is 1.27. The van der Waals surface area contributed by atoms with Gasteiger partial charge in [0.05, 0.1) is 17.1 Å². The minimum atomic E-state index is -0.534. The lowest BCUT2D eigenvalue weighted by atomic mass is 10.1. The summed E-state index contributed by atoms with van der Waals surface area (Å²) in [6.07, 6.45) is 1.56. The SMILES string of the molecule is Cc1c(NC(=O)CSc2cccc(NC(=O)/C(=C\c3ccc(Cl)cc3)NC(=O)c3ccccc3)c2)c(=O)n(-c2ccccc2)n1C. The van der Waals surface area contributed by atoms with Gasteiger partial charge in [0.2, 0.25) is 5.91 Å². The number of para-hydroxylation sites is 1. The van der Waals surface area contributed by atoms with Crippen LogP contribution in [0.5, 0.6) is 0 Å². The van der Waals surface area contributed by atoms with Gasteiger partial charge in [0.25, 0.3) is 17.4 Å². The molecule has 1 heterocycles. The molecule has 0 saturated heterocycles. The minimum Gasteiger partial charge on any atom is -0.321 e. The number of nitrogens with zero attached hydrogens (tertiary/aromatic N) is 2. The fourth-order valence-corrected chi connectivity index (χ4v) is 5.45. The van der Waals surface area contributed by atoms with Crippen LogP contribution in [0.3, 0.4) is 0 Å². The van der Waals surface area contributed by atoms with Crippen LogP contribution in [-0.2, 0) is 16.6 Å². The van der Waals surface area contributed by atoms with Crippen molar-refractivity contribution in [3.05, 3.63) is 147 Å².